The number of fused-ring (bicyclic) bond motifs is 1. The van der Waals surface area contributed by atoms with Crippen molar-refractivity contribution in [2.45, 2.75) is 20.3 Å². The van der Waals surface area contributed by atoms with Crippen molar-refractivity contribution < 1.29 is 14.6 Å². The van der Waals surface area contributed by atoms with Crippen LogP contribution in [0.3, 0.4) is 0 Å². The molecule has 19 heavy (non-hydrogen) atoms. The average molecular weight is 260 g/mol. The van der Waals surface area contributed by atoms with E-state index in [1.165, 1.54) is 0 Å². The molecule has 2 aromatic rings. The number of carboxylic acid groups (broad SMARTS) is 1. The minimum absolute atomic E-state index is 0.450. The van der Waals surface area contributed by atoms with E-state index in [0.29, 0.717) is 12.3 Å². The van der Waals surface area contributed by atoms with Gasteiger partial charge in [-0.1, -0.05) is 6.07 Å². The molecule has 0 spiro atoms. The monoisotopic (exact) mass is 260 g/mol. The third kappa shape index (κ3) is 2.81. The van der Waals surface area contributed by atoms with Gasteiger partial charge in [-0.15, -0.1) is 0 Å². The smallest absolute Gasteiger partial charge is 0.309 e. The second kappa shape index (κ2) is 4.84. The van der Waals surface area contributed by atoms with Crippen LogP contribution >= 0.6 is 0 Å². The number of carbonyl (C=O) groups is 1. The molecule has 1 aromatic heterocycles. The average Bonchev–Trinajstić information content (AvgIpc) is 2.37. The lowest BCUT2D eigenvalue weighted by Gasteiger charge is -2.18. The van der Waals surface area contributed by atoms with Crippen LogP contribution in [-0.4, -0.2) is 28.2 Å². The van der Waals surface area contributed by atoms with Crippen LogP contribution in [-0.2, 0) is 11.2 Å². The van der Waals surface area contributed by atoms with Gasteiger partial charge in [0.05, 0.1) is 29.8 Å². The number of nitrogens with zero attached hydrogens (tertiary/aromatic N) is 2. The summed E-state index contributed by atoms with van der Waals surface area (Å²) in [5.41, 5.74) is 1.60. The molecule has 5 heteroatoms. The summed E-state index contributed by atoms with van der Waals surface area (Å²) in [6.45, 7) is 3.42. The molecule has 0 radical (unpaired) electrons. The highest BCUT2D eigenvalue weighted by Gasteiger charge is 2.27. The lowest BCUT2D eigenvalue weighted by Crippen LogP contribution is -2.26. The van der Waals surface area contributed by atoms with Gasteiger partial charge in [-0.25, -0.2) is 9.97 Å². The zero-order valence-electron chi connectivity index (χ0n) is 11.2. The van der Waals surface area contributed by atoms with Crippen LogP contribution in [0.25, 0.3) is 11.0 Å². The van der Waals surface area contributed by atoms with Crippen LogP contribution < -0.4 is 4.74 Å². The molecule has 0 saturated heterocycles. The molecule has 0 amide bonds. The molecule has 0 atom stereocenters. The predicted octanol–water partition coefficient (Wildman–Crippen LogP) is 2.29. The maximum Gasteiger partial charge on any atom is 0.309 e. The Hall–Kier alpha value is -2.17. The van der Waals surface area contributed by atoms with Crippen molar-refractivity contribution in [1.82, 2.24) is 9.97 Å². The zero-order chi connectivity index (χ0) is 14.0. The van der Waals surface area contributed by atoms with Crippen molar-refractivity contribution in [2.75, 3.05) is 7.11 Å². The summed E-state index contributed by atoms with van der Waals surface area (Å²) in [5.74, 6) is -0.348. The Bertz CT molecular complexity index is 623. The van der Waals surface area contributed by atoms with E-state index in [2.05, 4.69) is 9.97 Å². The second-order valence-corrected chi connectivity index (χ2v) is 5.10. The summed E-state index contributed by atoms with van der Waals surface area (Å²) >= 11 is 0. The number of aliphatic carboxylic acids is 1. The van der Waals surface area contributed by atoms with Gasteiger partial charge < -0.3 is 9.84 Å². The van der Waals surface area contributed by atoms with Crippen molar-refractivity contribution in [3.63, 3.8) is 0 Å². The predicted molar refractivity (Wildman–Crippen MR) is 71.2 cm³/mol. The number of carboxylic acids is 1. The van der Waals surface area contributed by atoms with Gasteiger partial charge in [-0.05, 0) is 38.0 Å². The molecular weight excluding hydrogens is 244 g/mol. The SMILES string of the molecule is COc1cnc2cc(CC(C)(C)C(=O)O)ccc2n1. The molecule has 0 aliphatic heterocycles. The van der Waals surface area contributed by atoms with Crippen molar-refractivity contribution in [3.05, 3.63) is 30.0 Å². The number of hydrogen-bond donors (Lipinski definition) is 1. The number of aromatic nitrogens is 2. The fourth-order valence-electron chi connectivity index (χ4n) is 1.83. The largest absolute Gasteiger partial charge is 0.481 e. The Labute approximate surface area is 111 Å². The van der Waals surface area contributed by atoms with Gasteiger partial charge >= 0.3 is 5.97 Å². The van der Waals surface area contributed by atoms with E-state index in [4.69, 9.17) is 9.84 Å². The van der Waals surface area contributed by atoms with E-state index < -0.39 is 11.4 Å². The van der Waals surface area contributed by atoms with Gasteiger partial charge in [0.25, 0.3) is 0 Å². The van der Waals surface area contributed by atoms with Crippen molar-refractivity contribution in [2.24, 2.45) is 5.41 Å². The van der Waals surface area contributed by atoms with Crippen LogP contribution in [0.15, 0.2) is 24.4 Å². The van der Waals surface area contributed by atoms with Crippen LogP contribution in [0.5, 0.6) is 5.88 Å². The molecule has 2 rings (SSSR count). The Morgan fingerprint density at radius 3 is 2.74 bits per heavy atom. The van der Waals surface area contributed by atoms with E-state index in [0.717, 1.165) is 16.6 Å². The topological polar surface area (TPSA) is 72.3 Å². The molecule has 0 aliphatic rings. The van der Waals surface area contributed by atoms with Crippen molar-refractivity contribution in [1.29, 1.82) is 0 Å². The first-order valence-electron chi connectivity index (χ1n) is 5.95. The molecule has 0 unspecified atom stereocenters. The molecule has 1 aromatic carbocycles. The minimum atomic E-state index is -0.812. The van der Waals surface area contributed by atoms with Gasteiger partial charge in [0, 0.05) is 0 Å². The van der Waals surface area contributed by atoms with Crippen molar-refractivity contribution in [3.8, 4) is 5.88 Å². The Morgan fingerprint density at radius 1 is 1.37 bits per heavy atom. The van der Waals surface area contributed by atoms with Crippen molar-refractivity contribution >= 4 is 17.0 Å². The van der Waals surface area contributed by atoms with Gasteiger partial charge in [0.15, 0.2) is 0 Å². The second-order valence-electron chi connectivity index (χ2n) is 5.10. The Kier molecular flexibility index (Phi) is 3.38. The van der Waals surface area contributed by atoms with E-state index >= 15 is 0 Å². The van der Waals surface area contributed by atoms with Gasteiger partial charge in [0.2, 0.25) is 5.88 Å². The highest BCUT2D eigenvalue weighted by Crippen LogP contribution is 2.24. The lowest BCUT2D eigenvalue weighted by atomic mass is 9.86. The number of benzene rings is 1. The standard InChI is InChI=1S/C14H16N2O3/c1-14(2,13(17)18)7-9-4-5-10-11(6-9)15-8-12(16-10)19-3/h4-6,8H,7H2,1-3H3,(H,17,18). The van der Waals surface area contributed by atoms with Crippen LogP contribution in [0, 0.1) is 5.41 Å². The molecule has 1 heterocycles. The molecule has 0 bridgehead atoms. The third-order valence-corrected chi connectivity index (χ3v) is 3.02. The minimum Gasteiger partial charge on any atom is -0.481 e. The quantitative estimate of drug-likeness (QED) is 0.913. The summed E-state index contributed by atoms with van der Waals surface area (Å²) in [6.07, 6.45) is 2.00. The molecule has 0 saturated carbocycles. The first-order valence-corrected chi connectivity index (χ1v) is 5.95. The van der Waals surface area contributed by atoms with Crippen LogP contribution in [0.2, 0.25) is 0 Å². The van der Waals surface area contributed by atoms with E-state index in [1.807, 2.05) is 18.2 Å². The summed E-state index contributed by atoms with van der Waals surface area (Å²) in [6, 6.07) is 5.58. The van der Waals surface area contributed by atoms with Gasteiger partial charge in [-0.3, -0.25) is 4.79 Å². The van der Waals surface area contributed by atoms with Gasteiger partial charge in [0.1, 0.15) is 0 Å². The van der Waals surface area contributed by atoms with E-state index in [1.54, 1.807) is 27.2 Å². The summed E-state index contributed by atoms with van der Waals surface area (Å²) < 4.78 is 5.01. The van der Waals surface area contributed by atoms with E-state index in [-0.39, 0.29) is 0 Å². The molecular formula is C14H16N2O3. The summed E-state index contributed by atoms with van der Waals surface area (Å²) in [7, 11) is 1.54. The summed E-state index contributed by atoms with van der Waals surface area (Å²) in [4.78, 5) is 19.6. The fraction of sp³-hybridized carbons (Fsp3) is 0.357. The molecule has 100 valence electrons. The van der Waals surface area contributed by atoms with Gasteiger partial charge in [-0.2, -0.15) is 0 Å². The van der Waals surface area contributed by atoms with Crippen LogP contribution in [0.4, 0.5) is 0 Å². The highest BCUT2D eigenvalue weighted by atomic mass is 16.5. The number of ether oxygens (including phenoxy) is 1. The normalized spacial score (nSPS) is 11.5. The zero-order valence-corrected chi connectivity index (χ0v) is 11.2. The molecule has 0 aliphatic carbocycles. The Balaban J connectivity index is 2.35. The van der Waals surface area contributed by atoms with Crippen LogP contribution in [0.1, 0.15) is 19.4 Å². The molecule has 1 N–H and O–H groups in total. The summed E-state index contributed by atoms with van der Waals surface area (Å²) in [5, 5.41) is 9.14. The first kappa shape index (κ1) is 13.3. The first-order chi connectivity index (χ1) is 8.92. The fourth-order valence-corrected chi connectivity index (χ4v) is 1.83. The number of rotatable bonds is 4. The maximum atomic E-state index is 11.1. The Morgan fingerprint density at radius 2 is 2.11 bits per heavy atom. The number of methoxy groups -OCH3 is 1. The lowest BCUT2D eigenvalue weighted by molar-refractivity contribution is -0.146. The number of hydrogen-bond acceptors (Lipinski definition) is 4. The van der Waals surface area contributed by atoms with E-state index in [9.17, 15) is 4.79 Å². The highest BCUT2D eigenvalue weighted by molar-refractivity contribution is 5.77. The molecule has 5 nitrogen and oxygen atoms in total. The molecule has 0 fully saturated rings. The maximum absolute atomic E-state index is 11.1. The third-order valence-electron chi connectivity index (χ3n) is 3.02.